The molecule has 3 nitrogen and oxygen atoms in total. The van der Waals surface area contributed by atoms with Gasteiger partial charge >= 0.3 is 0 Å². The van der Waals surface area contributed by atoms with Gasteiger partial charge in [-0.05, 0) is 71.1 Å². The first kappa shape index (κ1) is 15.9. The third kappa shape index (κ3) is 4.79. The molecule has 0 aromatic heterocycles. The van der Waals surface area contributed by atoms with Crippen molar-refractivity contribution in [3.8, 4) is 5.75 Å². The molecule has 0 bridgehead atoms. The number of anilines is 1. The summed E-state index contributed by atoms with van der Waals surface area (Å²) in [6.45, 7) is 1.98. The van der Waals surface area contributed by atoms with Gasteiger partial charge in [-0.2, -0.15) is 0 Å². The zero-order valence-electron chi connectivity index (χ0n) is 11.9. The Morgan fingerprint density at radius 1 is 1.24 bits per heavy atom. The first-order chi connectivity index (χ1) is 10.1. The van der Waals surface area contributed by atoms with Crippen molar-refractivity contribution in [1.82, 2.24) is 0 Å². The summed E-state index contributed by atoms with van der Waals surface area (Å²) in [5, 5.41) is 2.81. The van der Waals surface area contributed by atoms with E-state index in [2.05, 4.69) is 21.2 Å². The third-order valence-electron chi connectivity index (χ3n) is 2.82. The molecule has 2 aromatic carbocycles. The van der Waals surface area contributed by atoms with E-state index >= 15 is 0 Å². The van der Waals surface area contributed by atoms with Crippen LogP contribution in [0.15, 0.2) is 51.8 Å². The molecule has 5 heteroatoms. The van der Waals surface area contributed by atoms with Crippen molar-refractivity contribution >= 4 is 39.3 Å². The van der Waals surface area contributed by atoms with E-state index in [0.29, 0.717) is 5.75 Å². The first-order valence-corrected chi connectivity index (χ1v) is 8.43. The number of thioether (sulfide) groups is 1. The Morgan fingerprint density at radius 2 is 1.95 bits per heavy atom. The zero-order chi connectivity index (χ0) is 15.2. The van der Waals surface area contributed by atoms with Crippen LogP contribution in [0.2, 0.25) is 0 Å². The smallest absolute Gasteiger partial charge is 0.262 e. The summed E-state index contributed by atoms with van der Waals surface area (Å²) in [5.74, 6) is 0.479. The molecule has 2 rings (SSSR count). The predicted molar refractivity (Wildman–Crippen MR) is 91.2 cm³/mol. The van der Waals surface area contributed by atoms with Gasteiger partial charge in [0, 0.05) is 10.6 Å². The quantitative estimate of drug-likeness (QED) is 0.792. The van der Waals surface area contributed by atoms with Crippen LogP contribution in [0.1, 0.15) is 5.56 Å². The Hall–Kier alpha value is -1.46. The summed E-state index contributed by atoms with van der Waals surface area (Å²) in [6.07, 6.45) is 2.01. The Morgan fingerprint density at radius 3 is 2.57 bits per heavy atom. The van der Waals surface area contributed by atoms with Crippen molar-refractivity contribution in [1.29, 1.82) is 0 Å². The van der Waals surface area contributed by atoms with E-state index in [0.717, 1.165) is 20.6 Å². The van der Waals surface area contributed by atoms with Crippen molar-refractivity contribution in [2.75, 3.05) is 18.2 Å². The van der Waals surface area contributed by atoms with Crippen LogP contribution in [0.4, 0.5) is 5.69 Å². The van der Waals surface area contributed by atoms with Gasteiger partial charge in [0.15, 0.2) is 6.61 Å². The van der Waals surface area contributed by atoms with Crippen molar-refractivity contribution in [3.05, 3.63) is 52.5 Å². The van der Waals surface area contributed by atoms with Crippen LogP contribution in [-0.4, -0.2) is 18.8 Å². The number of aryl methyl sites for hydroxylation is 1. The van der Waals surface area contributed by atoms with Gasteiger partial charge < -0.3 is 10.1 Å². The molecular formula is C16H16BrNO2S. The van der Waals surface area contributed by atoms with Gasteiger partial charge in [-0.1, -0.05) is 6.07 Å². The Labute approximate surface area is 137 Å². The van der Waals surface area contributed by atoms with Crippen LogP contribution < -0.4 is 10.1 Å². The highest BCUT2D eigenvalue weighted by molar-refractivity contribution is 9.10. The molecule has 0 unspecified atom stereocenters. The number of amides is 1. The molecule has 0 fully saturated rings. The SMILES string of the molecule is CSc1ccc(NC(=O)COc2ccc(C)cc2Br)cc1. The zero-order valence-corrected chi connectivity index (χ0v) is 14.3. The number of carbonyl (C=O) groups excluding carboxylic acids is 1. The fourth-order valence-corrected chi connectivity index (χ4v) is 2.75. The monoisotopic (exact) mass is 365 g/mol. The van der Waals surface area contributed by atoms with Gasteiger partial charge in [0.1, 0.15) is 5.75 Å². The lowest BCUT2D eigenvalue weighted by molar-refractivity contribution is -0.118. The average molecular weight is 366 g/mol. The van der Waals surface area contributed by atoms with Crippen molar-refractivity contribution in [2.45, 2.75) is 11.8 Å². The highest BCUT2D eigenvalue weighted by Crippen LogP contribution is 2.25. The molecule has 110 valence electrons. The Kier molecular flexibility index (Phi) is 5.70. The number of benzene rings is 2. The molecule has 21 heavy (non-hydrogen) atoms. The van der Waals surface area contributed by atoms with Crippen LogP contribution in [-0.2, 0) is 4.79 Å². The Bertz CT molecular complexity index is 629. The number of ether oxygens (including phenoxy) is 1. The van der Waals surface area contributed by atoms with E-state index in [1.807, 2.05) is 55.6 Å². The van der Waals surface area contributed by atoms with E-state index in [1.54, 1.807) is 11.8 Å². The van der Waals surface area contributed by atoms with E-state index in [4.69, 9.17) is 4.74 Å². The van der Waals surface area contributed by atoms with Gasteiger partial charge in [0.25, 0.3) is 5.91 Å². The van der Waals surface area contributed by atoms with Crippen LogP contribution in [0.25, 0.3) is 0 Å². The van der Waals surface area contributed by atoms with Crippen LogP contribution in [0, 0.1) is 6.92 Å². The molecular weight excluding hydrogens is 350 g/mol. The third-order valence-corrected chi connectivity index (χ3v) is 4.18. The number of carbonyl (C=O) groups is 1. The standard InChI is InChI=1S/C16H16BrNO2S/c1-11-3-8-15(14(17)9-11)20-10-16(19)18-12-4-6-13(21-2)7-5-12/h3-9H,10H2,1-2H3,(H,18,19). The van der Waals surface area contributed by atoms with E-state index < -0.39 is 0 Å². The summed E-state index contributed by atoms with van der Waals surface area (Å²) in [7, 11) is 0. The molecule has 0 spiro atoms. The van der Waals surface area contributed by atoms with Crippen LogP contribution >= 0.6 is 27.7 Å². The maximum Gasteiger partial charge on any atom is 0.262 e. The van der Waals surface area contributed by atoms with Crippen molar-refractivity contribution in [3.63, 3.8) is 0 Å². The number of rotatable bonds is 5. The predicted octanol–water partition coefficient (Wildman–Crippen LogP) is 4.50. The number of hydrogen-bond acceptors (Lipinski definition) is 3. The topological polar surface area (TPSA) is 38.3 Å². The summed E-state index contributed by atoms with van der Waals surface area (Å²) in [5.41, 5.74) is 1.90. The second-order valence-corrected chi connectivity index (χ2v) is 6.23. The van der Waals surface area contributed by atoms with Gasteiger partial charge in [-0.3, -0.25) is 4.79 Å². The fraction of sp³-hybridized carbons (Fsp3) is 0.188. The van der Waals surface area contributed by atoms with Gasteiger partial charge in [0.2, 0.25) is 0 Å². The molecule has 1 N–H and O–H groups in total. The Balaban J connectivity index is 1.89. The molecule has 2 aromatic rings. The minimum Gasteiger partial charge on any atom is -0.483 e. The minimum atomic E-state index is -0.181. The largest absolute Gasteiger partial charge is 0.483 e. The van der Waals surface area contributed by atoms with Crippen LogP contribution in [0.5, 0.6) is 5.75 Å². The van der Waals surface area contributed by atoms with Gasteiger partial charge in [0.05, 0.1) is 4.47 Å². The summed E-state index contributed by atoms with van der Waals surface area (Å²) in [4.78, 5) is 13.0. The van der Waals surface area contributed by atoms with E-state index in [9.17, 15) is 4.79 Å². The molecule has 0 aliphatic carbocycles. The van der Waals surface area contributed by atoms with Crippen molar-refractivity contribution < 1.29 is 9.53 Å². The molecule has 0 heterocycles. The fourth-order valence-electron chi connectivity index (χ4n) is 1.74. The summed E-state index contributed by atoms with van der Waals surface area (Å²) < 4.78 is 6.35. The molecule has 0 saturated carbocycles. The molecule has 0 radical (unpaired) electrons. The lowest BCUT2D eigenvalue weighted by Crippen LogP contribution is -2.20. The number of nitrogens with one attached hydrogen (secondary N) is 1. The summed E-state index contributed by atoms with van der Waals surface area (Å²) >= 11 is 5.08. The second kappa shape index (κ2) is 7.52. The highest BCUT2D eigenvalue weighted by atomic mass is 79.9. The maximum absolute atomic E-state index is 11.9. The van der Waals surface area contributed by atoms with E-state index in [-0.39, 0.29) is 12.5 Å². The molecule has 1 amide bonds. The van der Waals surface area contributed by atoms with Crippen molar-refractivity contribution in [2.24, 2.45) is 0 Å². The van der Waals surface area contributed by atoms with E-state index in [1.165, 1.54) is 0 Å². The minimum absolute atomic E-state index is 0.0219. The molecule has 0 aliphatic heterocycles. The van der Waals surface area contributed by atoms with Gasteiger partial charge in [-0.15, -0.1) is 11.8 Å². The highest BCUT2D eigenvalue weighted by Gasteiger charge is 2.06. The summed E-state index contributed by atoms with van der Waals surface area (Å²) in [6, 6.07) is 13.4. The lowest BCUT2D eigenvalue weighted by Gasteiger charge is -2.09. The number of hydrogen-bond donors (Lipinski definition) is 1. The first-order valence-electron chi connectivity index (χ1n) is 6.41. The maximum atomic E-state index is 11.9. The number of halogens is 1. The van der Waals surface area contributed by atoms with Gasteiger partial charge in [-0.25, -0.2) is 0 Å². The molecule has 0 aliphatic rings. The molecule has 0 saturated heterocycles. The average Bonchev–Trinajstić information content (AvgIpc) is 2.47. The molecule has 0 atom stereocenters. The lowest BCUT2D eigenvalue weighted by atomic mass is 10.2. The van der Waals surface area contributed by atoms with Crippen LogP contribution in [0.3, 0.4) is 0 Å². The normalized spacial score (nSPS) is 10.2. The second-order valence-electron chi connectivity index (χ2n) is 4.50.